The second-order valence-electron chi connectivity index (χ2n) is 8.63. The van der Waals surface area contributed by atoms with Crippen molar-refractivity contribution in [3.8, 4) is 11.5 Å². The van der Waals surface area contributed by atoms with Gasteiger partial charge in [0.1, 0.15) is 17.3 Å². The van der Waals surface area contributed by atoms with Gasteiger partial charge in [-0.15, -0.1) is 0 Å². The molecule has 0 bridgehead atoms. The second-order valence-corrected chi connectivity index (χ2v) is 8.63. The Balaban J connectivity index is 2.07. The minimum Gasteiger partial charge on any atom is -0.507 e. The van der Waals surface area contributed by atoms with E-state index in [1.165, 1.54) is 4.90 Å². The normalized spacial score (nSPS) is 17.5. The van der Waals surface area contributed by atoms with Gasteiger partial charge in [-0.25, -0.2) is 0 Å². The molecular formula is C27H34N2O5. The Kier molecular flexibility index (Phi) is 8.34. The zero-order valence-corrected chi connectivity index (χ0v) is 20.6. The molecule has 1 aliphatic rings. The molecule has 0 spiro atoms. The number of likely N-dealkylation sites (N-methyl/N-ethyl adjacent to an activating group) is 1. The van der Waals surface area contributed by atoms with Crippen LogP contribution in [0.5, 0.6) is 11.5 Å². The first-order valence-electron chi connectivity index (χ1n) is 11.7. The highest BCUT2D eigenvalue weighted by atomic mass is 16.5. The van der Waals surface area contributed by atoms with Crippen LogP contribution in [-0.2, 0) is 9.59 Å². The zero-order chi connectivity index (χ0) is 24.8. The molecule has 2 aromatic rings. The number of aryl methyl sites for hydroxylation is 1. The van der Waals surface area contributed by atoms with E-state index < -0.39 is 17.7 Å². The highest BCUT2D eigenvalue weighted by molar-refractivity contribution is 6.46. The van der Waals surface area contributed by atoms with E-state index in [0.717, 1.165) is 23.3 Å². The van der Waals surface area contributed by atoms with Gasteiger partial charge in [0.2, 0.25) is 0 Å². The minimum atomic E-state index is -0.688. The van der Waals surface area contributed by atoms with E-state index in [9.17, 15) is 14.7 Å². The topological polar surface area (TPSA) is 79.3 Å². The van der Waals surface area contributed by atoms with Crippen molar-refractivity contribution in [2.75, 3.05) is 40.4 Å². The molecule has 1 N–H and O–H groups in total. The predicted molar refractivity (Wildman–Crippen MR) is 132 cm³/mol. The number of benzene rings is 2. The fraction of sp³-hybridized carbons (Fsp3) is 0.407. The number of ether oxygens (including phenoxy) is 2. The Morgan fingerprint density at radius 1 is 1.06 bits per heavy atom. The van der Waals surface area contributed by atoms with E-state index in [2.05, 4.69) is 0 Å². The standard InChI is InChI=1S/C27H34N2O5/c1-6-16-34-22-13-10-20(17-18(22)3)25(30)23-24(19-8-11-21(12-9-19)33-7-2)29(15-14-28(4)5)27(32)26(23)31/h8-13,17,24,30H,6-7,14-16H2,1-5H3/b25-23-. The summed E-state index contributed by atoms with van der Waals surface area (Å²) in [6.45, 7) is 7.91. The van der Waals surface area contributed by atoms with Crippen LogP contribution in [0.2, 0.25) is 0 Å². The lowest BCUT2D eigenvalue weighted by Crippen LogP contribution is -2.35. The molecule has 2 aromatic carbocycles. The van der Waals surface area contributed by atoms with Crippen LogP contribution in [0.3, 0.4) is 0 Å². The third-order valence-electron chi connectivity index (χ3n) is 5.74. The first-order chi connectivity index (χ1) is 16.3. The monoisotopic (exact) mass is 466 g/mol. The molecule has 34 heavy (non-hydrogen) atoms. The summed E-state index contributed by atoms with van der Waals surface area (Å²) in [5.41, 5.74) is 2.15. The van der Waals surface area contributed by atoms with E-state index in [1.807, 2.05) is 64.0 Å². The van der Waals surface area contributed by atoms with Crippen molar-refractivity contribution in [2.24, 2.45) is 0 Å². The number of ketones is 1. The van der Waals surface area contributed by atoms with Crippen molar-refractivity contribution in [1.82, 2.24) is 9.80 Å². The molecule has 1 unspecified atom stereocenters. The van der Waals surface area contributed by atoms with Crippen molar-refractivity contribution in [2.45, 2.75) is 33.2 Å². The largest absolute Gasteiger partial charge is 0.507 e. The van der Waals surface area contributed by atoms with Crippen molar-refractivity contribution in [3.05, 3.63) is 64.7 Å². The fourth-order valence-electron chi connectivity index (χ4n) is 4.00. The van der Waals surface area contributed by atoms with Gasteiger partial charge in [0.15, 0.2) is 0 Å². The number of Topliss-reactive ketones (excluding diaryl/α,β-unsaturated/α-hetero) is 1. The number of carbonyl (C=O) groups excluding carboxylic acids is 2. The van der Waals surface area contributed by atoms with Crippen LogP contribution in [0.25, 0.3) is 5.76 Å². The molecule has 1 saturated heterocycles. The molecule has 3 rings (SSSR count). The van der Waals surface area contributed by atoms with Crippen LogP contribution >= 0.6 is 0 Å². The Morgan fingerprint density at radius 3 is 2.35 bits per heavy atom. The first-order valence-corrected chi connectivity index (χ1v) is 11.7. The summed E-state index contributed by atoms with van der Waals surface area (Å²) in [4.78, 5) is 29.7. The van der Waals surface area contributed by atoms with Crippen molar-refractivity contribution < 1.29 is 24.2 Å². The van der Waals surface area contributed by atoms with Gasteiger partial charge in [0.25, 0.3) is 11.7 Å². The summed E-state index contributed by atoms with van der Waals surface area (Å²) in [7, 11) is 3.82. The van der Waals surface area contributed by atoms with Gasteiger partial charge in [-0.2, -0.15) is 0 Å². The Morgan fingerprint density at radius 2 is 1.76 bits per heavy atom. The summed E-state index contributed by atoms with van der Waals surface area (Å²) in [6.07, 6.45) is 0.889. The summed E-state index contributed by atoms with van der Waals surface area (Å²) < 4.78 is 11.3. The van der Waals surface area contributed by atoms with Crippen LogP contribution in [0.4, 0.5) is 0 Å². The van der Waals surface area contributed by atoms with Gasteiger partial charge in [0, 0.05) is 18.7 Å². The maximum Gasteiger partial charge on any atom is 0.295 e. The molecular weight excluding hydrogens is 432 g/mol. The van der Waals surface area contributed by atoms with E-state index in [0.29, 0.717) is 37.6 Å². The van der Waals surface area contributed by atoms with Crippen molar-refractivity contribution in [1.29, 1.82) is 0 Å². The minimum absolute atomic E-state index is 0.0922. The Bertz CT molecular complexity index is 1060. The molecule has 0 saturated carbocycles. The average Bonchev–Trinajstić information content (AvgIpc) is 3.07. The lowest BCUT2D eigenvalue weighted by Gasteiger charge is -2.26. The van der Waals surface area contributed by atoms with Crippen molar-refractivity contribution >= 4 is 17.4 Å². The van der Waals surface area contributed by atoms with Gasteiger partial charge in [0.05, 0.1) is 24.8 Å². The molecule has 7 heteroatoms. The lowest BCUT2D eigenvalue weighted by molar-refractivity contribution is -0.140. The van der Waals surface area contributed by atoms with Crippen LogP contribution in [0, 0.1) is 6.92 Å². The van der Waals surface area contributed by atoms with Gasteiger partial charge >= 0.3 is 0 Å². The SMILES string of the molecule is CCCOc1ccc(/C(O)=C2/C(=O)C(=O)N(CCN(C)C)C2c2ccc(OCC)cc2)cc1C. The number of aliphatic hydroxyl groups excluding tert-OH is 1. The molecule has 1 atom stereocenters. The summed E-state index contributed by atoms with van der Waals surface area (Å²) in [6, 6.07) is 11.9. The average molecular weight is 467 g/mol. The molecule has 0 aromatic heterocycles. The van der Waals surface area contributed by atoms with E-state index in [4.69, 9.17) is 9.47 Å². The molecule has 0 radical (unpaired) electrons. The first kappa shape index (κ1) is 25.3. The van der Waals surface area contributed by atoms with Gasteiger partial charge in [-0.05, 0) is 75.8 Å². The Hall–Kier alpha value is -3.32. The number of carbonyl (C=O) groups is 2. The molecule has 7 nitrogen and oxygen atoms in total. The third kappa shape index (κ3) is 5.42. The summed E-state index contributed by atoms with van der Waals surface area (Å²) >= 11 is 0. The molecule has 182 valence electrons. The molecule has 1 fully saturated rings. The van der Waals surface area contributed by atoms with Gasteiger partial charge in [-0.1, -0.05) is 19.1 Å². The van der Waals surface area contributed by atoms with Gasteiger partial charge in [-0.3, -0.25) is 9.59 Å². The summed E-state index contributed by atoms with van der Waals surface area (Å²) in [5.74, 6) is -0.0431. The Labute approximate surface area is 201 Å². The maximum atomic E-state index is 13.1. The second kappa shape index (κ2) is 11.2. The molecule has 1 amide bonds. The number of aliphatic hydroxyl groups is 1. The molecule has 1 aliphatic heterocycles. The molecule has 0 aliphatic carbocycles. The van der Waals surface area contributed by atoms with E-state index >= 15 is 0 Å². The van der Waals surface area contributed by atoms with E-state index in [1.54, 1.807) is 18.2 Å². The number of nitrogens with zero attached hydrogens (tertiary/aromatic N) is 2. The lowest BCUT2D eigenvalue weighted by atomic mass is 9.94. The number of rotatable bonds is 10. The highest BCUT2D eigenvalue weighted by Crippen LogP contribution is 2.40. The smallest absolute Gasteiger partial charge is 0.295 e. The van der Waals surface area contributed by atoms with Crippen molar-refractivity contribution in [3.63, 3.8) is 0 Å². The third-order valence-corrected chi connectivity index (χ3v) is 5.74. The number of hydrogen-bond acceptors (Lipinski definition) is 6. The van der Waals surface area contributed by atoms with Crippen LogP contribution in [0.15, 0.2) is 48.0 Å². The van der Waals surface area contributed by atoms with Crippen LogP contribution in [-0.4, -0.2) is 67.0 Å². The fourth-order valence-corrected chi connectivity index (χ4v) is 4.00. The number of hydrogen-bond donors (Lipinski definition) is 1. The highest BCUT2D eigenvalue weighted by Gasteiger charge is 2.45. The quantitative estimate of drug-likeness (QED) is 0.322. The number of amides is 1. The van der Waals surface area contributed by atoms with Gasteiger partial charge < -0.3 is 24.4 Å². The maximum absolute atomic E-state index is 13.1. The predicted octanol–water partition coefficient (Wildman–Crippen LogP) is 4.17. The zero-order valence-electron chi connectivity index (χ0n) is 20.6. The van der Waals surface area contributed by atoms with Crippen LogP contribution < -0.4 is 9.47 Å². The van der Waals surface area contributed by atoms with Crippen LogP contribution in [0.1, 0.15) is 43.0 Å². The number of likely N-dealkylation sites (tertiary alicyclic amines) is 1. The van der Waals surface area contributed by atoms with E-state index in [-0.39, 0.29) is 11.3 Å². The molecule has 1 heterocycles. The summed E-state index contributed by atoms with van der Waals surface area (Å²) in [5, 5.41) is 11.3.